The second-order valence-electron chi connectivity index (χ2n) is 7.88. The molecule has 0 spiro atoms. The molecule has 1 aromatic heterocycles. The molecule has 7 nitrogen and oxygen atoms in total. The number of ether oxygens (including phenoxy) is 2. The normalized spacial score (nSPS) is 16.2. The van der Waals surface area contributed by atoms with Crippen molar-refractivity contribution in [3.05, 3.63) is 59.0 Å². The van der Waals surface area contributed by atoms with Crippen molar-refractivity contribution in [2.75, 3.05) is 33.4 Å². The summed E-state index contributed by atoms with van der Waals surface area (Å²) in [7, 11) is 1.60. The minimum Gasteiger partial charge on any atom is -0.497 e. The molecule has 1 aliphatic heterocycles. The second kappa shape index (κ2) is 9.87. The van der Waals surface area contributed by atoms with Crippen molar-refractivity contribution in [1.82, 2.24) is 10.2 Å². The molecule has 0 saturated carbocycles. The van der Waals surface area contributed by atoms with E-state index in [1.54, 1.807) is 37.4 Å². The average molecular weight is 437 g/mol. The number of hydrogen-bond acceptors (Lipinski definition) is 6. The molecule has 2 aromatic carbocycles. The zero-order chi connectivity index (χ0) is 22.5. The number of carbonyl (C=O) groups is 1. The first-order chi connectivity index (χ1) is 15.6. The van der Waals surface area contributed by atoms with Crippen LogP contribution >= 0.6 is 0 Å². The van der Waals surface area contributed by atoms with E-state index in [0.29, 0.717) is 34.9 Å². The Morgan fingerprint density at radius 3 is 2.72 bits per heavy atom. The second-order valence-corrected chi connectivity index (χ2v) is 7.88. The van der Waals surface area contributed by atoms with Gasteiger partial charge in [-0.15, -0.1) is 0 Å². The van der Waals surface area contributed by atoms with Crippen molar-refractivity contribution in [1.29, 1.82) is 0 Å². The lowest BCUT2D eigenvalue weighted by atomic mass is 10.1. The van der Waals surface area contributed by atoms with Gasteiger partial charge in [0.05, 0.1) is 18.1 Å². The van der Waals surface area contributed by atoms with Crippen LogP contribution in [0.15, 0.2) is 57.9 Å². The number of benzene rings is 2. The van der Waals surface area contributed by atoms with Crippen LogP contribution in [-0.4, -0.2) is 50.2 Å². The van der Waals surface area contributed by atoms with Gasteiger partial charge < -0.3 is 19.2 Å². The van der Waals surface area contributed by atoms with Crippen molar-refractivity contribution in [2.24, 2.45) is 0 Å². The maximum atomic E-state index is 12.9. The topological polar surface area (TPSA) is 81.0 Å². The summed E-state index contributed by atoms with van der Waals surface area (Å²) in [6.45, 7) is 4.78. The fourth-order valence-electron chi connectivity index (χ4n) is 4.14. The van der Waals surface area contributed by atoms with Crippen LogP contribution < -0.4 is 20.2 Å². The first kappa shape index (κ1) is 21.9. The van der Waals surface area contributed by atoms with Crippen molar-refractivity contribution in [2.45, 2.75) is 25.8 Å². The number of fused-ring (bicyclic) bond motifs is 1. The Kier molecular flexibility index (Phi) is 6.75. The first-order valence-corrected chi connectivity index (χ1v) is 10.9. The van der Waals surface area contributed by atoms with Crippen LogP contribution in [-0.2, 0) is 4.79 Å². The maximum absolute atomic E-state index is 12.9. The van der Waals surface area contributed by atoms with Gasteiger partial charge >= 0.3 is 0 Å². The highest BCUT2D eigenvalue weighted by atomic mass is 16.5. The number of likely N-dealkylation sites (N-methyl/N-ethyl adjacent to an activating group) is 1. The van der Waals surface area contributed by atoms with Crippen LogP contribution in [0.5, 0.6) is 11.5 Å². The predicted octanol–water partition coefficient (Wildman–Crippen LogP) is 3.45. The number of methoxy groups -OCH3 is 1. The number of nitrogens with zero attached hydrogens (tertiary/aromatic N) is 1. The van der Waals surface area contributed by atoms with Crippen LogP contribution in [0.3, 0.4) is 0 Å². The largest absolute Gasteiger partial charge is 0.497 e. The molecule has 1 saturated heterocycles. The Hall–Kier alpha value is -3.32. The van der Waals surface area contributed by atoms with Gasteiger partial charge in [0.2, 0.25) is 0 Å². The van der Waals surface area contributed by atoms with E-state index in [1.165, 1.54) is 12.7 Å². The van der Waals surface area contributed by atoms with E-state index < -0.39 is 0 Å². The molecule has 1 atom stereocenters. The van der Waals surface area contributed by atoms with Crippen LogP contribution in [0.4, 0.5) is 0 Å². The lowest BCUT2D eigenvalue weighted by Crippen LogP contribution is -2.41. The SMILES string of the molecule is CCN1CCCC1CNC(=O)COc1ccc2c(=O)c(-c3ccc(OC)cc3)coc2c1. The van der Waals surface area contributed by atoms with Gasteiger partial charge in [0.25, 0.3) is 5.91 Å². The summed E-state index contributed by atoms with van der Waals surface area (Å²) in [6, 6.07) is 12.6. The quantitative estimate of drug-likeness (QED) is 0.583. The van der Waals surface area contributed by atoms with Gasteiger partial charge in [-0.1, -0.05) is 19.1 Å². The minimum absolute atomic E-state index is 0.0848. The molecule has 1 N–H and O–H groups in total. The Bertz CT molecular complexity index is 1140. The van der Waals surface area contributed by atoms with Crippen LogP contribution in [0.2, 0.25) is 0 Å². The fraction of sp³-hybridized carbons (Fsp3) is 0.360. The summed E-state index contributed by atoms with van der Waals surface area (Å²) in [5, 5.41) is 3.41. The first-order valence-electron chi connectivity index (χ1n) is 10.9. The third kappa shape index (κ3) is 4.78. The fourth-order valence-corrected chi connectivity index (χ4v) is 4.14. The van der Waals surface area contributed by atoms with E-state index in [1.807, 2.05) is 12.1 Å². The van der Waals surface area contributed by atoms with Gasteiger partial charge in [0.1, 0.15) is 23.3 Å². The Balaban J connectivity index is 1.40. The summed E-state index contributed by atoms with van der Waals surface area (Å²) in [5.74, 6) is 1.03. The molecule has 7 heteroatoms. The van der Waals surface area contributed by atoms with Crippen molar-refractivity contribution < 1.29 is 18.7 Å². The van der Waals surface area contributed by atoms with Crippen molar-refractivity contribution in [3.63, 3.8) is 0 Å². The van der Waals surface area contributed by atoms with Gasteiger partial charge in [-0.2, -0.15) is 0 Å². The van der Waals surface area contributed by atoms with E-state index in [4.69, 9.17) is 13.9 Å². The molecule has 4 rings (SSSR count). The number of nitrogens with one attached hydrogen (secondary N) is 1. The molecule has 1 fully saturated rings. The molecular weight excluding hydrogens is 408 g/mol. The molecule has 32 heavy (non-hydrogen) atoms. The van der Waals surface area contributed by atoms with E-state index in [0.717, 1.165) is 30.8 Å². The van der Waals surface area contributed by atoms with E-state index in [2.05, 4.69) is 17.1 Å². The van der Waals surface area contributed by atoms with Gasteiger partial charge in [-0.25, -0.2) is 0 Å². The third-order valence-electron chi connectivity index (χ3n) is 5.96. The van der Waals surface area contributed by atoms with Gasteiger partial charge in [0.15, 0.2) is 12.0 Å². The van der Waals surface area contributed by atoms with Gasteiger partial charge in [-0.05, 0) is 55.8 Å². The number of hydrogen-bond donors (Lipinski definition) is 1. The zero-order valence-corrected chi connectivity index (χ0v) is 18.4. The molecule has 1 amide bonds. The van der Waals surface area contributed by atoms with Crippen LogP contribution in [0, 0.1) is 0 Å². The van der Waals surface area contributed by atoms with Crippen LogP contribution in [0.25, 0.3) is 22.1 Å². The number of likely N-dealkylation sites (tertiary alicyclic amines) is 1. The summed E-state index contributed by atoms with van der Waals surface area (Å²) in [4.78, 5) is 27.5. The lowest BCUT2D eigenvalue weighted by molar-refractivity contribution is -0.123. The van der Waals surface area contributed by atoms with E-state index in [9.17, 15) is 9.59 Å². The highest BCUT2D eigenvalue weighted by molar-refractivity contribution is 5.83. The zero-order valence-electron chi connectivity index (χ0n) is 18.4. The molecule has 2 heterocycles. The van der Waals surface area contributed by atoms with Crippen LogP contribution in [0.1, 0.15) is 19.8 Å². The number of amides is 1. The minimum atomic E-state index is -0.163. The third-order valence-corrected chi connectivity index (χ3v) is 5.96. The average Bonchev–Trinajstić information content (AvgIpc) is 3.29. The summed E-state index contributed by atoms with van der Waals surface area (Å²) in [6.07, 6.45) is 3.73. The smallest absolute Gasteiger partial charge is 0.257 e. The van der Waals surface area contributed by atoms with E-state index >= 15 is 0 Å². The van der Waals surface area contributed by atoms with Gasteiger partial charge in [-0.3, -0.25) is 14.5 Å². The number of carbonyl (C=O) groups excluding carboxylic acids is 1. The monoisotopic (exact) mass is 436 g/mol. The maximum Gasteiger partial charge on any atom is 0.257 e. The molecule has 0 aliphatic carbocycles. The highest BCUT2D eigenvalue weighted by Crippen LogP contribution is 2.24. The van der Waals surface area contributed by atoms with Crippen molar-refractivity contribution >= 4 is 16.9 Å². The molecule has 1 aliphatic rings. The van der Waals surface area contributed by atoms with Crippen molar-refractivity contribution in [3.8, 4) is 22.6 Å². The molecule has 0 radical (unpaired) electrons. The lowest BCUT2D eigenvalue weighted by Gasteiger charge is -2.22. The number of rotatable bonds is 8. The van der Waals surface area contributed by atoms with Gasteiger partial charge in [0, 0.05) is 18.7 Å². The summed E-state index contributed by atoms with van der Waals surface area (Å²) >= 11 is 0. The molecule has 0 bridgehead atoms. The Labute approximate surface area is 186 Å². The molecule has 3 aromatic rings. The highest BCUT2D eigenvalue weighted by Gasteiger charge is 2.23. The summed E-state index contributed by atoms with van der Waals surface area (Å²) < 4.78 is 16.5. The summed E-state index contributed by atoms with van der Waals surface area (Å²) in [5.41, 5.74) is 1.51. The van der Waals surface area contributed by atoms with E-state index in [-0.39, 0.29) is 17.9 Å². The Morgan fingerprint density at radius 1 is 1.19 bits per heavy atom. The molecule has 1 unspecified atom stereocenters. The molecule has 168 valence electrons. The molecular formula is C25H28N2O5. The standard InChI is InChI=1S/C25H28N2O5/c1-3-27-12-4-5-18(27)14-26-24(28)16-31-20-10-11-21-23(13-20)32-15-22(25(21)29)17-6-8-19(30-2)9-7-17/h6-11,13,15,18H,3-5,12,14,16H2,1-2H3,(H,26,28). The Morgan fingerprint density at radius 2 is 1.97 bits per heavy atom. The predicted molar refractivity (Wildman–Crippen MR) is 123 cm³/mol.